The van der Waals surface area contributed by atoms with Crippen LogP contribution in [0.2, 0.25) is 0 Å². The average molecular weight is 190 g/mol. The lowest BCUT2D eigenvalue weighted by Gasteiger charge is -2.24. The maximum Gasteiger partial charge on any atom is 0.109 e. The number of rotatable bonds is 5. The summed E-state index contributed by atoms with van der Waals surface area (Å²) in [5.41, 5.74) is 1.37. The molecule has 14 heavy (non-hydrogen) atoms. The predicted octanol–water partition coefficient (Wildman–Crippen LogP) is 1.96. The van der Waals surface area contributed by atoms with E-state index in [-0.39, 0.29) is 0 Å². The van der Waals surface area contributed by atoms with Crippen molar-refractivity contribution < 1.29 is 5.32 Å². The van der Waals surface area contributed by atoms with Crippen molar-refractivity contribution in [2.75, 3.05) is 0 Å². The van der Waals surface area contributed by atoms with Gasteiger partial charge < -0.3 is 5.32 Å². The monoisotopic (exact) mass is 190 g/mol. The molecule has 1 nitrogen and oxygen atoms in total. The third-order valence-corrected chi connectivity index (χ3v) is 2.62. The molecule has 0 saturated heterocycles. The summed E-state index contributed by atoms with van der Waals surface area (Å²) in [6, 6.07) is 1.18. The van der Waals surface area contributed by atoms with Gasteiger partial charge in [-0.15, -0.1) is 13.2 Å². The molecule has 0 unspecified atom stereocenters. The summed E-state index contributed by atoms with van der Waals surface area (Å²) in [7, 11) is 0. The van der Waals surface area contributed by atoms with Gasteiger partial charge in [-0.05, 0) is 11.6 Å². The first-order valence-corrected chi connectivity index (χ1v) is 5.20. The summed E-state index contributed by atoms with van der Waals surface area (Å²) >= 11 is 0. The number of allylic oxidation sites excluding steroid dienone is 1. The summed E-state index contributed by atoms with van der Waals surface area (Å²) in [5, 5.41) is 2.41. The van der Waals surface area contributed by atoms with Crippen LogP contribution in [0.5, 0.6) is 0 Å². The van der Waals surface area contributed by atoms with Crippen molar-refractivity contribution >= 4 is 0 Å². The van der Waals surface area contributed by atoms with E-state index in [2.05, 4.69) is 31.1 Å². The Morgan fingerprint density at radius 3 is 2.57 bits per heavy atom. The van der Waals surface area contributed by atoms with E-state index in [4.69, 9.17) is 0 Å². The molecular weight excluding hydrogens is 170 g/mol. The van der Waals surface area contributed by atoms with Crippen LogP contribution < -0.4 is 5.32 Å². The minimum atomic E-state index is 0.541. The van der Waals surface area contributed by atoms with E-state index in [1.165, 1.54) is 5.57 Å². The molecule has 0 aromatic carbocycles. The minimum absolute atomic E-state index is 0.541. The molecule has 0 fully saturated rings. The van der Waals surface area contributed by atoms with Gasteiger partial charge >= 0.3 is 0 Å². The average Bonchev–Trinajstić information content (AvgIpc) is 2.18. The van der Waals surface area contributed by atoms with Crippen molar-refractivity contribution in [3.05, 3.63) is 49.6 Å². The summed E-state index contributed by atoms with van der Waals surface area (Å²) in [5.74, 6) is 0. The smallest absolute Gasteiger partial charge is 0.109 e. The Kier molecular flexibility index (Phi) is 4.41. The Bertz CT molecular complexity index is 250. The van der Waals surface area contributed by atoms with E-state index in [1.807, 2.05) is 18.2 Å². The van der Waals surface area contributed by atoms with Crippen LogP contribution in [0.15, 0.2) is 49.6 Å². The normalized spacial score (nSPS) is 26.4. The number of nitrogens with two attached hydrogens (primary N) is 1. The first kappa shape index (κ1) is 11.0. The molecule has 0 amide bonds. The maximum absolute atomic E-state index is 3.84. The van der Waals surface area contributed by atoms with Crippen LogP contribution in [-0.2, 0) is 0 Å². The molecule has 0 radical (unpaired) electrons. The van der Waals surface area contributed by atoms with E-state index in [1.54, 1.807) is 0 Å². The van der Waals surface area contributed by atoms with Crippen LogP contribution in [0.25, 0.3) is 0 Å². The van der Waals surface area contributed by atoms with E-state index in [0.717, 1.165) is 19.3 Å². The third kappa shape index (κ3) is 3.00. The van der Waals surface area contributed by atoms with E-state index in [9.17, 15) is 0 Å². The summed E-state index contributed by atoms with van der Waals surface area (Å²) < 4.78 is 0. The van der Waals surface area contributed by atoms with Crippen molar-refractivity contribution in [2.24, 2.45) is 0 Å². The molecule has 0 aromatic rings. The van der Waals surface area contributed by atoms with Crippen molar-refractivity contribution in [2.45, 2.75) is 31.3 Å². The molecule has 76 valence electrons. The highest BCUT2D eigenvalue weighted by Crippen LogP contribution is 2.13. The number of quaternary nitrogens is 1. The standard InChI is InChI=1S/C13H19N/c1-4-7-12-9-11(6-3)10-13(14-12)8-5-2/h4-6,9,12-14H,1-3,7-8,10H2/p+1/t12-,13-/m0/s1. The van der Waals surface area contributed by atoms with Gasteiger partial charge in [-0.1, -0.05) is 24.8 Å². The topological polar surface area (TPSA) is 16.6 Å². The van der Waals surface area contributed by atoms with Crippen molar-refractivity contribution in [3.8, 4) is 0 Å². The lowest BCUT2D eigenvalue weighted by Crippen LogP contribution is -2.95. The van der Waals surface area contributed by atoms with Gasteiger partial charge in [0.15, 0.2) is 0 Å². The van der Waals surface area contributed by atoms with Gasteiger partial charge in [-0.3, -0.25) is 0 Å². The molecule has 2 atom stereocenters. The number of hydrogen-bond donors (Lipinski definition) is 1. The second-order valence-electron chi connectivity index (χ2n) is 3.81. The van der Waals surface area contributed by atoms with E-state index in [0.29, 0.717) is 12.1 Å². The fourth-order valence-electron chi connectivity index (χ4n) is 1.99. The zero-order valence-corrected chi connectivity index (χ0v) is 8.78. The molecule has 0 spiro atoms. The van der Waals surface area contributed by atoms with Crippen LogP contribution in [0, 0.1) is 0 Å². The zero-order chi connectivity index (χ0) is 10.4. The summed E-state index contributed by atoms with van der Waals surface area (Å²) in [4.78, 5) is 0. The molecule has 0 aromatic heterocycles. The van der Waals surface area contributed by atoms with Crippen LogP contribution in [-0.4, -0.2) is 12.1 Å². The number of hydrogen-bond acceptors (Lipinski definition) is 0. The Balaban J connectivity index is 2.64. The Morgan fingerprint density at radius 2 is 2.00 bits per heavy atom. The van der Waals surface area contributed by atoms with Crippen LogP contribution in [0.3, 0.4) is 0 Å². The highest BCUT2D eigenvalue weighted by molar-refractivity contribution is 5.20. The highest BCUT2D eigenvalue weighted by atomic mass is 15.0. The highest BCUT2D eigenvalue weighted by Gasteiger charge is 2.21. The fraction of sp³-hybridized carbons (Fsp3) is 0.385. The maximum atomic E-state index is 3.84. The first-order valence-electron chi connectivity index (χ1n) is 5.20. The largest absolute Gasteiger partial charge is 0.337 e. The quantitative estimate of drug-likeness (QED) is 0.638. The lowest BCUT2D eigenvalue weighted by atomic mass is 9.94. The van der Waals surface area contributed by atoms with Gasteiger partial charge in [-0.2, -0.15) is 0 Å². The van der Waals surface area contributed by atoms with Gasteiger partial charge in [0.1, 0.15) is 6.04 Å². The van der Waals surface area contributed by atoms with E-state index >= 15 is 0 Å². The van der Waals surface area contributed by atoms with Crippen LogP contribution >= 0.6 is 0 Å². The molecule has 1 heteroatoms. The third-order valence-electron chi connectivity index (χ3n) is 2.62. The Morgan fingerprint density at radius 1 is 1.29 bits per heavy atom. The fourth-order valence-corrected chi connectivity index (χ4v) is 1.99. The molecule has 1 rings (SSSR count). The van der Waals surface area contributed by atoms with Crippen LogP contribution in [0.1, 0.15) is 19.3 Å². The molecule has 0 aliphatic carbocycles. The molecular formula is C13H20N+. The van der Waals surface area contributed by atoms with Gasteiger partial charge in [0, 0.05) is 19.3 Å². The predicted molar refractivity (Wildman–Crippen MR) is 62.0 cm³/mol. The van der Waals surface area contributed by atoms with Gasteiger partial charge in [-0.25, -0.2) is 0 Å². The van der Waals surface area contributed by atoms with Gasteiger partial charge in [0.05, 0.1) is 6.04 Å². The second-order valence-corrected chi connectivity index (χ2v) is 3.81. The molecule has 0 bridgehead atoms. The molecule has 1 aliphatic heterocycles. The summed E-state index contributed by atoms with van der Waals surface area (Å²) in [6.07, 6.45) is 11.5. The minimum Gasteiger partial charge on any atom is -0.337 e. The Labute approximate surface area is 86.9 Å². The zero-order valence-electron chi connectivity index (χ0n) is 8.78. The Hall–Kier alpha value is -1.08. The molecule has 0 saturated carbocycles. The van der Waals surface area contributed by atoms with Crippen molar-refractivity contribution in [3.63, 3.8) is 0 Å². The van der Waals surface area contributed by atoms with Crippen molar-refractivity contribution in [1.82, 2.24) is 0 Å². The molecule has 2 N–H and O–H groups in total. The summed E-state index contributed by atoms with van der Waals surface area (Å²) in [6.45, 7) is 11.4. The lowest BCUT2D eigenvalue weighted by molar-refractivity contribution is -0.713. The van der Waals surface area contributed by atoms with Crippen LogP contribution in [0.4, 0.5) is 0 Å². The molecule has 1 heterocycles. The first-order chi connectivity index (χ1) is 6.80. The SMILES string of the molecule is C=CC[C@H]1CC(C=C)=C[C@H](CC=C)[NH2+]1. The van der Waals surface area contributed by atoms with E-state index < -0.39 is 0 Å². The van der Waals surface area contributed by atoms with Gasteiger partial charge in [0.2, 0.25) is 0 Å². The van der Waals surface area contributed by atoms with Crippen molar-refractivity contribution in [1.29, 1.82) is 0 Å². The molecule has 1 aliphatic rings. The van der Waals surface area contributed by atoms with Gasteiger partial charge in [0.25, 0.3) is 0 Å². The second kappa shape index (κ2) is 5.61.